The third-order valence-corrected chi connectivity index (χ3v) is 6.66. The fraction of sp³-hybridized carbons (Fsp3) is 0.500. The lowest BCUT2D eigenvalue weighted by Crippen LogP contribution is -2.60. The number of carbonyl (C=O) groups excluding carboxylic acids is 1. The standard InChI is InChI=1S/C24H29N3O3/c1-29-21-8-6-19(7-9-21)15-27-11-12-30-24(23(27)28)17-26(14-18-4-5-18)16-22(24)20-3-2-10-25-13-20/h2-3,6-10,13,18,22H,4-5,11-12,14-17H2,1H3/t22-,24+/m1/s1. The van der Waals surface area contributed by atoms with Crippen molar-refractivity contribution in [2.24, 2.45) is 5.92 Å². The van der Waals surface area contributed by atoms with Gasteiger partial charge in [-0.1, -0.05) is 18.2 Å². The summed E-state index contributed by atoms with van der Waals surface area (Å²) >= 11 is 0. The highest BCUT2D eigenvalue weighted by atomic mass is 16.5. The first kappa shape index (κ1) is 19.5. The van der Waals surface area contributed by atoms with Crippen LogP contribution in [0.2, 0.25) is 0 Å². The SMILES string of the molecule is COc1ccc(CN2CCO[C@]3(CN(CC4CC4)C[C@@H]3c3cccnc3)C2=O)cc1. The Kier molecular flexibility index (Phi) is 5.21. The molecule has 2 aromatic rings. The number of carbonyl (C=O) groups is 1. The molecule has 3 heterocycles. The molecule has 0 bridgehead atoms. The molecule has 2 aliphatic heterocycles. The van der Waals surface area contributed by atoms with E-state index < -0.39 is 5.60 Å². The number of nitrogens with zero attached hydrogens (tertiary/aromatic N) is 3. The number of methoxy groups -OCH3 is 1. The molecule has 3 aliphatic rings. The van der Waals surface area contributed by atoms with Gasteiger partial charge in [0.15, 0.2) is 5.60 Å². The van der Waals surface area contributed by atoms with Gasteiger partial charge >= 0.3 is 0 Å². The Bertz CT molecular complexity index is 884. The zero-order chi connectivity index (χ0) is 20.6. The van der Waals surface area contributed by atoms with Gasteiger partial charge in [-0.25, -0.2) is 0 Å². The van der Waals surface area contributed by atoms with Crippen molar-refractivity contribution in [2.45, 2.75) is 30.9 Å². The Morgan fingerprint density at radius 1 is 1.23 bits per heavy atom. The molecule has 30 heavy (non-hydrogen) atoms. The van der Waals surface area contributed by atoms with Crippen molar-refractivity contribution >= 4 is 5.91 Å². The van der Waals surface area contributed by atoms with Gasteiger partial charge in [-0.2, -0.15) is 0 Å². The number of hydrogen-bond donors (Lipinski definition) is 0. The second kappa shape index (κ2) is 8.00. The number of ether oxygens (including phenoxy) is 2. The number of aromatic nitrogens is 1. The number of rotatable bonds is 6. The molecule has 0 N–H and O–H groups in total. The number of benzene rings is 1. The number of morpholine rings is 1. The predicted molar refractivity (Wildman–Crippen MR) is 113 cm³/mol. The van der Waals surface area contributed by atoms with Crippen LogP contribution in [0.5, 0.6) is 5.75 Å². The van der Waals surface area contributed by atoms with Gasteiger partial charge in [-0.3, -0.25) is 14.7 Å². The highest BCUT2D eigenvalue weighted by Gasteiger charge is 2.57. The monoisotopic (exact) mass is 407 g/mol. The van der Waals surface area contributed by atoms with Gasteiger partial charge < -0.3 is 14.4 Å². The van der Waals surface area contributed by atoms with Crippen molar-refractivity contribution in [3.63, 3.8) is 0 Å². The van der Waals surface area contributed by atoms with Crippen LogP contribution in [0.15, 0.2) is 48.8 Å². The van der Waals surface area contributed by atoms with Gasteiger partial charge in [-0.05, 0) is 48.1 Å². The van der Waals surface area contributed by atoms with Crippen molar-refractivity contribution in [1.82, 2.24) is 14.8 Å². The molecule has 158 valence electrons. The van der Waals surface area contributed by atoms with Crippen LogP contribution >= 0.6 is 0 Å². The summed E-state index contributed by atoms with van der Waals surface area (Å²) in [5.41, 5.74) is 1.38. The number of likely N-dealkylation sites (tertiary alicyclic amines) is 1. The maximum Gasteiger partial charge on any atom is 0.257 e. The van der Waals surface area contributed by atoms with E-state index in [-0.39, 0.29) is 11.8 Å². The number of pyridine rings is 1. The van der Waals surface area contributed by atoms with Gasteiger partial charge in [0, 0.05) is 51.0 Å². The Morgan fingerprint density at radius 3 is 2.77 bits per heavy atom. The van der Waals surface area contributed by atoms with Crippen molar-refractivity contribution < 1.29 is 14.3 Å². The average Bonchev–Trinajstić information content (AvgIpc) is 3.52. The molecule has 0 unspecified atom stereocenters. The van der Waals surface area contributed by atoms with Crippen LogP contribution in [0.25, 0.3) is 0 Å². The minimum absolute atomic E-state index is 0.0103. The van der Waals surface area contributed by atoms with E-state index in [0.717, 1.165) is 35.9 Å². The van der Waals surface area contributed by atoms with Crippen LogP contribution in [-0.4, -0.2) is 66.2 Å². The van der Waals surface area contributed by atoms with E-state index >= 15 is 0 Å². The average molecular weight is 408 g/mol. The molecule has 1 aromatic carbocycles. The highest BCUT2D eigenvalue weighted by molar-refractivity contribution is 5.88. The molecule has 0 radical (unpaired) electrons. The molecule has 5 rings (SSSR count). The fourth-order valence-electron chi connectivity index (χ4n) is 4.91. The third kappa shape index (κ3) is 3.70. The quantitative estimate of drug-likeness (QED) is 0.737. The van der Waals surface area contributed by atoms with Crippen LogP contribution < -0.4 is 4.74 Å². The maximum atomic E-state index is 13.8. The number of amides is 1. The van der Waals surface area contributed by atoms with E-state index in [2.05, 4.69) is 16.0 Å². The smallest absolute Gasteiger partial charge is 0.257 e. The molecule has 1 aromatic heterocycles. The van der Waals surface area contributed by atoms with Crippen LogP contribution in [0.3, 0.4) is 0 Å². The van der Waals surface area contributed by atoms with E-state index in [1.807, 2.05) is 41.4 Å². The van der Waals surface area contributed by atoms with Gasteiger partial charge in [0.25, 0.3) is 5.91 Å². The first-order chi connectivity index (χ1) is 14.7. The van der Waals surface area contributed by atoms with Crippen LogP contribution in [0.1, 0.15) is 29.9 Å². The largest absolute Gasteiger partial charge is 0.497 e. The number of hydrogen-bond acceptors (Lipinski definition) is 5. The lowest BCUT2D eigenvalue weighted by atomic mass is 9.83. The molecule has 6 nitrogen and oxygen atoms in total. The van der Waals surface area contributed by atoms with Crippen LogP contribution in [-0.2, 0) is 16.1 Å². The predicted octanol–water partition coefficient (Wildman–Crippen LogP) is 2.70. The zero-order valence-electron chi connectivity index (χ0n) is 17.5. The summed E-state index contributed by atoms with van der Waals surface area (Å²) in [6.07, 6.45) is 6.29. The van der Waals surface area contributed by atoms with Gasteiger partial charge in [0.1, 0.15) is 5.75 Å². The summed E-state index contributed by atoms with van der Waals surface area (Å²) in [5.74, 6) is 1.73. The summed E-state index contributed by atoms with van der Waals surface area (Å²) in [6, 6.07) is 12.0. The summed E-state index contributed by atoms with van der Waals surface area (Å²) in [7, 11) is 1.66. The molecule has 1 aliphatic carbocycles. The Hall–Kier alpha value is -2.44. The molecule has 1 saturated carbocycles. The highest BCUT2D eigenvalue weighted by Crippen LogP contribution is 2.43. The lowest BCUT2D eigenvalue weighted by molar-refractivity contribution is -0.173. The molecule has 1 spiro atoms. The molecular weight excluding hydrogens is 378 g/mol. The summed E-state index contributed by atoms with van der Waals surface area (Å²) in [4.78, 5) is 22.6. The van der Waals surface area contributed by atoms with Gasteiger partial charge in [0.2, 0.25) is 0 Å². The molecule has 3 fully saturated rings. The second-order valence-corrected chi connectivity index (χ2v) is 8.79. The second-order valence-electron chi connectivity index (χ2n) is 8.79. The fourth-order valence-corrected chi connectivity index (χ4v) is 4.91. The van der Waals surface area contributed by atoms with Crippen LogP contribution in [0, 0.1) is 5.92 Å². The lowest BCUT2D eigenvalue weighted by Gasteiger charge is -2.42. The first-order valence-electron chi connectivity index (χ1n) is 10.9. The van der Waals surface area contributed by atoms with Gasteiger partial charge in [-0.15, -0.1) is 0 Å². The van der Waals surface area contributed by atoms with Crippen molar-refractivity contribution in [1.29, 1.82) is 0 Å². The molecule has 1 amide bonds. The Balaban J connectivity index is 1.40. The maximum absolute atomic E-state index is 13.8. The van der Waals surface area contributed by atoms with Crippen LogP contribution in [0.4, 0.5) is 0 Å². The summed E-state index contributed by atoms with van der Waals surface area (Å²) in [5, 5.41) is 0. The summed E-state index contributed by atoms with van der Waals surface area (Å²) in [6.45, 7) is 4.36. The van der Waals surface area contributed by atoms with Gasteiger partial charge in [0.05, 0.1) is 13.7 Å². The zero-order valence-corrected chi connectivity index (χ0v) is 17.5. The van der Waals surface area contributed by atoms with E-state index in [1.54, 1.807) is 13.3 Å². The first-order valence-corrected chi connectivity index (χ1v) is 10.9. The minimum Gasteiger partial charge on any atom is -0.497 e. The molecular formula is C24H29N3O3. The Morgan fingerprint density at radius 2 is 2.07 bits per heavy atom. The van der Waals surface area contributed by atoms with E-state index in [1.165, 1.54) is 12.8 Å². The Labute approximate surface area is 177 Å². The van der Waals surface area contributed by atoms with Crippen molar-refractivity contribution in [2.75, 3.05) is 39.9 Å². The van der Waals surface area contributed by atoms with Crippen molar-refractivity contribution in [3.8, 4) is 5.75 Å². The van der Waals surface area contributed by atoms with Crippen molar-refractivity contribution in [3.05, 3.63) is 59.9 Å². The topological polar surface area (TPSA) is 54.9 Å². The molecule has 2 atom stereocenters. The van der Waals surface area contributed by atoms with E-state index in [9.17, 15) is 4.79 Å². The van der Waals surface area contributed by atoms with E-state index in [4.69, 9.17) is 9.47 Å². The van der Waals surface area contributed by atoms with E-state index in [0.29, 0.717) is 26.2 Å². The normalized spacial score (nSPS) is 27.0. The molecule has 2 saturated heterocycles. The molecule has 6 heteroatoms. The summed E-state index contributed by atoms with van der Waals surface area (Å²) < 4.78 is 11.6. The minimum atomic E-state index is -0.817. The third-order valence-electron chi connectivity index (χ3n) is 6.66.